The Morgan fingerprint density at radius 3 is 2.50 bits per heavy atom. The first-order valence-corrected chi connectivity index (χ1v) is 9.74. The van der Waals surface area contributed by atoms with Crippen LogP contribution in [-0.4, -0.2) is 31.1 Å². The van der Waals surface area contributed by atoms with Crippen molar-refractivity contribution in [3.8, 4) is 22.6 Å². The van der Waals surface area contributed by atoms with E-state index in [0.717, 1.165) is 11.1 Å². The van der Waals surface area contributed by atoms with E-state index in [1.807, 2.05) is 36.4 Å². The van der Waals surface area contributed by atoms with Crippen molar-refractivity contribution in [2.45, 2.75) is 6.10 Å². The molecule has 1 aliphatic rings. The lowest BCUT2D eigenvalue weighted by atomic mass is 10.1. The Morgan fingerprint density at radius 1 is 1.03 bits per heavy atom. The molecule has 0 unspecified atom stereocenters. The van der Waals surface area contributed by atoms with Crippen LogP contribution in [0.2, 0.25) is 5.02 Å². The number of nitrogens with two attached hydrogens (primary N) is 1. The summed E-state index contributed by atoms with van der Waals surface area (Å²) in [5.74, 6) is -0.146. The van der Waals surface area contributed by atoms with Gasteiger partial charge in [0.1, 0.15) is 11.5 Å². The van der Waals surface area contributed by atoms with Gasteiger partial charge < -0.3 is 20.1 Å². The van der Waals surface area contributed by atoms with Crippen LogP contribution < -0.4 is 20.1 Å². The van der Waals surface area contributed by atoms with Crippen LogP contribution in [0.1, 0.15) is 0 Å². The minimum absolute atomic E-state index is 0.0230. The molecular weight excluding hydrogens is 404 g/mol. The number of benzene rings is 3. The molecular formula is C23H19ClN2O4. The summed E-state index contributed by atoms with van der Waals surface area (Å²) in [5, 5.41) is 0.404. The minimum Gasteiger partial charge on any atom is -0.482 e. The van der Waals surface area contributed by atoms with Gasteiger partial charge >= 0.3 is 0 Å². The molecule has 0 aromatic heterocycles. The third kappa shape index (κ3) is 4.09. The van der Waals surface area contributed by atoms with Gasteiger partial charge in [-0.1, -0.05) is 60.1 Å². The molecule has 0 bridgehead atoms. The van der Waals surface area contributed by atoms with Gasteiger partial charge in [-0.3, -0.25) is 9.59 Å². The van der Waals surface area contributed by atoms with Crippen molar-refractivity contribution < 1.29 is 19.1 Å². The van der Waals surface area contributed by atoms with Crippen LogP contribution in [0.25, 0.3) is 11.1 Å². The van der Waals surface area contributed by atoms with E-state index in [9.17, 15) is 9.59 Å². The van der Waals surface area contributed by atoms with Crippen LogP contribution in [-0.2, 0) is 9.59 Å². The molecule has 2 N–H and O–H groups in total. The largest absolute Gasteiger partial charge is 0.482 e. The summed E-state index contributed by atoms with van der Waals surface area (Å²) in [4.78, 5) is 25.9. The number of anilines is 1. The van der Waals surface area contributed by atoms with E-state index in [2.05, 4.69) is 0 Å². The molecule has 0 saturated heterocycles. The third-order valence-corrected chi connectivity index (χ3v) is 5.08. The van der Waals surface area contributed by atoms with Gasteiger partial charge in [0.05, 0.1) is 17.3 Å². The number of rotatable bonds is 5. The molecule has 1 heterocycles. The van der Waals surface area contributed by atoms with E-state index >= 15 is 0 Å². The SMILES string of the molecule is NC(=O)[C@@H]1CN(C(=O)COc2ccc(-c3ccccc3)cc2Cl)c2ccccc2O1. The second-order valence-electron chi connectivity index (χ2n) is 6.78. The zero-order valence-electron chi connectivity index (χ0n) is 16.0. The molecule has 0 saturated carbocycles. The van der Waals surface area contributed by atoms with E-state index in [-0.39, 0.29) is 19.1 Å². The highest BCUT2D eigenvalue weighted by Crippen LogP contribution is 2.34. The quantitative estimate of drug-likeness (QED) is 0.680. The first kappa shape index (κ1) is 19.8. The molecule has 0 spiro atoms. The number of fused-ring (bicyclic) bond motifs is 1. The fourth-order valence-electron chi connectivity index (χ4n) is 3.26. The number of hydrogen-bond donors (Lipinski definition) is 1. The van der Waals surface area contributed by atoms with Crippen LogP contribution in [0.15, 0.2) is 72.8 Å². The topological polar surface area (TPSA) is 81.9 Å². The number of primary amides is 1. The second kappa shape index (κ2) is 8.47. The van der Waals surface area contributed by atoms with Gasteiger partial charge in [-0.05, 0) is 35.4 Å². The fourth-order valence-corrected chi connectivity index (χ4v) is 3.50. The predicted octanol–water partition coefficient (Wildman–Crippen LogP) is 3.67. The summed E-state index contributed by atoms with van der Waals surface area (Å²) in [7, 11) is 0. The van der Waals surface area contributed by atoms with Gasteiger partial charge in [-0.2, -0.15) is 0 Å². The summed E-state index contributed by atoms with van der Waals surface area (Å²) in [6, 6.07) is 22.2. The molecule has 30 heavy (non-hydrogen) atoms. The molecule has 3 aromatic carbocycles. The van der Waals surface area contributed by atoms with Gasteiger partial charge in [0, 0.05) is 0 Å². The first-order valence-electron chi connectivity index (χ1n) is 9.36. The number of carbonyl (C=O) groups is 2. The van der Waals surface area contributed by atoms with Crippen LogP contribution >= 0.6 is 11.6 Å². The molecule has 7 heteroatoms. The van der Waals surface area contributed by atoms with Crippen molar-refractivity contribution in [3.63, 3.8) is 0 Å². The van der Waals surface area contributed by atoms with Gasteiger partial charge in [-0.25, -0.2) is 0 Å². The van der Waals surface area contributed by atoms with Crippen molar-refractivity contribution >= 4 is 29.1 Å². The normalized spacial score (nSPS) is 15.1. The first-order chi connectivity index (χ1) is 14.5. The highest BCUT2D eigenvalue weighted by Gasteiger charge is 2.32. The standard InChI is InChI=1S/C23H19ClN2O4/c24-17-12-16(15-6-2-1-3-7-15)10-11-19(17)29-14-22(27)26-13-21(23(25)28)30-20-9-5-4-8-18(20)26/h1-12,21H,13-14H2,(H2,25,28)/t21-/m0/s1. The van der Waals surface area contributed by atoms with E-state index in [1.54, 1.807) is 36.4 Å². The summed E-state index contributed by atoms with van der Waals surface area (Å²) in [6.07, 6.45) is -0.919. The number of nitrogens with zero attached hydrogens (tertiary/aromatic N) is 1. The minimum atomic E-state index is -0.919. The maximum Gasteiger partial charge on any atom is 0.265 e. The van der Waals surface area contributed by atoms with Crippen molar-refractivity contribution in [1.82, 2.24) is 0 Å². The predicted molar refractivity (Wildman–Crippen MR) is 115 cm³/mol. The lowest BCUT2D eigenvalue weighted by molar-refractivity contribution is -0.125. The highest BCUT2D eigenvalue weighted by molar-refractivity contribution is 6.32. The van der Waals surface area contributed by atoms with Crippen LogP contribution in [0.4, 0.5) is 5.69 Å². The molecule has 0 aliphatic carbocycles. The Balaban J connectivity index is 1.49. The third-order valence-electron chi connectivity index (χ3n) is 4.78. The Bertz CT molecular complexity index is 1090. The van der Waals surface area contributed by atoms with Crippen molar-refractivity contribution in [3.05, 3.63) is 77.8 Å². The smallest absolute Gasteiger partial charge is 0.265 e. The molecule has 2 amide bonds. The fraction of sp³-hybridized carbons (Fsp3) is 0.130. The van der Waals surface area contributed by atoms with Crippen molar-refractivity contribution in [2.75, 3.05) is 18.1 Å². The maximum absolute atomic E-state index is 12.9. The van der Waals surface area contributed by atoms with Gasteiger partial charge in [0.25, 0.3) is 11.8 Å². The highest BCUT2D eigenvalue weighted by atomic mass is 35.5. The second-order valence-corrected chi connectivity index (χ2v) is 7.19. The summed E-state index contributed by atoms with van der Waals surface area (Å²) >= 11 is 6.36. The molecule has 1 atom stereocenters. The molecule has 4 rings (SSSR count). The van der Waals surface area contributed by atoms with Gasteiger partial charge in [0.2, 0.25) is 0 Å². The number of ether oxygens (including phenoxy) is 2. The number of carbonyl (C=O) groups excluding carboxylic acids is 2. The Morgan fingerprint density at radius 2 is 1.77 bits per heavy atom. The Kier molecular flexibility index (Phi) is 5.59. The summed E-state index contributed by atoms with van der Waals surface area (Å²) in [6.45, 7) is -0.223. The zero-order chi connectivity index (χ0) is 21.1. The lowest BCUT2D eigenvalue weighted by Gasteiger charge is -2.33. The van der Waals surface area contributed by atoms with Crippen LogP contribution in [0, 0.1) is 0 Å². The molecule has 3 aromatic rings. The average Bonchev–Trinajstić information content (AvgIpc) is 2.77. The number of hydrogen-bond acceptors (Lipinski definition) is 4. The Hall–Kier alpha value is -3.51. The summed E-state index contributed by atoms with van der Waals surface area (Å²) in [5.41, 5.74) is 7.93. The Labute approximate surface area is 178 Å². The lowest BCUT2D eigenvalue weighted by Crippen LogP contribution is -2.50. The molecule has 1 aliphatic heterocycles. The maximum atomic E-state index is 12.9. The van der Waals surface area contributed by atoms with E-state index in [0.29, 0.717) is 22.2 Å². The summed E-state index contributed by atoms with van der Waals surface area (Å²) < 4.78 is 11.3. The van der Waals surface area contributed by atoms with E-state index in [4.69, 9.17) is 26.8 Å². The van der Waals surface area contributed by atoms with Gasteiger partial charge in [-0.15, -0.1) is 0 Å². The zero-order valence-corrected chi connectivity index (χ0v) is 16.7. The molecule has 152 valence electrons. The monoisotopic (exact) mass is 422 g/mol. The number of halogens is 1. The molecule has 0 radical (unpaired) electrons. The van der Waals surface area contributed by atoms with Crippen LogP contribution in [0.3, 0.4) is 0 Å². The van der Waals surface area contributed by atoms with Gasteiger partial charge in [0.15, 0.2) is 12.7 Å². The van der Waals surface area contributed by atoms with Crippen molar-refractivity contribution in [2.24, 2.45) is 5.73 Å². The van der Waals surface area contributed by atoms with E-state index in [1.165, 1.54) is 4.90 Å². The molecule has 6 nitrogen and oxygen atoms in total. The van der Waals surface area contributed by atoms with Crippen LogP contribution in [0.5, 0.6) is 11.5 Å². The number of para-hydroxylation sites is 2. The van der Waals surface area contributed by atoms with Crippen molar-refractivity contribution in [1.29, 1.82) is 0 Å². The molecule has 0 fully saturated rings. The number of amides is 2. The average molecular weight is 423 g/mol. The van der Waals surface area contributed by atoms with E-state index < -0.39 is 12.0 Å².